The van der Waals surface area contributed by atoms with Crippen LogP contribution in [0.3, 0.4) is 0 Å². The van der Waals surface area contributed by atoms with Crippen LogP contribution in [0.25, 0.3) is 22.7 Å². The number of allylic oxidation sites excluding steroid dienone is 1. The maximum Gasteiger partial charge on any atom is 0.151 e. The molecule has 0 aliphatic carbocycles. The summed E-state index contributed by atoms with van der Waals surface area (Å²) in [6.07, 6.45) is 1.87. The van der Waals surface area contributed by atoms with Crippen molar-refractivity contribution in [3.63, 3.8) is 0 Å². The van der Waals surface area contributed by atoms with E-state index >= 15 is 0 Å². The van der Waals surface area contributed by atoms with Crippen LogP contribution in [0.2, 0.25) is 0 Å². The van der Waals surface area contributed by atoms with E-state index < -0.39 is 0 Å². The second-order valence-electron chi connectivity index (χ2n) is 4.89. The van der Waals surface area contributed by atoms with Crippen LogP contribution in [0.15, 0.2) is 53.0 Å². The van der Waals surface area contributed by atoms with E-state index in [0.717, 1.165) is 27.6 Å². The van der Waals surface area contributed by atoms with E-state index in [9.17, 15) is 5.26 Å². The largest absolute Gasteiger partial charge is 0.324 e. The molecule has 4 heteroatoms. The average Bonchev–Trinajstić information content (AvgIpc) is 2.92. The summed E-state index contributed by atoms with van der Waals surface area (Å²) in [6, 6.07) is 18.1. The molecule has 0 radical (unpaired) electrons. The van der Waals surface area contributed by atoms with Gasteiger partial charge in [0.15, 0.2) is 5.82 Å². The molecule has 0 saturated heterocycles. The van der Waals surface area contributed by atoms with Gasteiger partial charge in [0.1, 0.15) is 6.07 Å². The second-order valence-corrected chi connectivity index (χ2v) is 5.81. The van der Waals surface area contributed by atoms with Crippen LogP contribution in [0.4, 0.5) is 0 Å². The smallest absolute Gasteiger partial charge is 0.151 e. The molecule has 1 heterocycles. The van der Waals surface area contributed by atoms with Crippen molar-refractivity contribution in [2.24, 2.45) is 0 Å². The van der Waals surface area contributed by atoms with Gasteiger partial charge in [0.25, 0.3) is 0 Å². The van der Waals surface area contributed by atoms with Crippen molar-refractivity contribution in [3.05, 3.63) is 64.4 Å². The third-order valence-corrected chi connectivity index (χ3v) is 4.04. The van der Waals surface area contributed by atoms with E-state index in [1.54, 1.807) is 0 Å². The van der Waals surface area contributed by atoms with Crippen LogP contribution >= 0.6 is 15.9 Å². The number of hydrogen-bond acceptors (Lipinski definition) is 2. The van der Waals surface area contributed by atoms with E-state index in [1.165, 1.54) is 0 Å². The molecule has 0 N–H and O–H groups in total. The summed E-state index contributed by atoms with van der Waals surface area (Å²) in [7, 11) is 0. The Labute approximate surface area is 137 Å². The molecule has 0 aliphatic rings. The van der Waals surface area contributed by atoms with Crippen molar-refractivity contribution in [1.29, 1.82) is 5.26 Å². The second kappa shape index (κ2) is 6.17. The molecule has 3 rings (SSSR count). The van der Waals surface area contributed by atoms with E-state index in [1.807, 2.05) is 54.6 Å². The third-order valence-electron chi connectivity index (χ3n) is 3.51. The molecule has 0 saturated carbocycles. The van der Waals surface area contributed by atoms with Crippen LogP contribution in [-0.2, 0) is 6.54 Å². The minimum absolute atomic E-state index is 0.570. The lowest BCUT2D eigenvalue weighted by atomic mass is 10.1. The summed E-state index contributed by atoms with van der Waals surface area (Å²) in [6.45, 7) is 2.83. The highest BCUT2D eigenvalue weighted by molar-refractivity contribution is 9.10. The molecule has 108 valence electrons. The highest BCUT2D eigenvalue weighted by Crippen LogP contribution is 2.23. The Morgan fingerprint density at radius 1 is 1.23 bits per heavy atom. The molecule has 0 unspecified atom stereocenters. The first-order chi connectivity index (χ1) is 10.7. The maximum absolute atomic E-state index is 9.56. The number of hydrogen-bond donors (Lipinski definition) is 0. The molecule has 0 atom stereocenters. The van der Waals surface area contributed by atoms with Gasteiger partial charge >= 0.3 is 0 Å². The van der Waals surface area contributed by atoms with Gasteiger partial charge in [0, 0.05) is 11.0 Å². The van der Waals surface area contributed by atoms with Crippen LogP contribution < -0.4 is 0 Å². The maximum atomic E-state index is 9.56. The number of nitrogens with zero attached hydrogens (tertiary/aromatic N) is 3. The molecule has 1 aromatic heterocycles. The normalized spacial score (nSPS) is 11.6. The number of halogens is 1. The summed E-state index contributed by atoms with van der Waals surface area (Å²) in [5.41, 5.74) is 3.52. The van der Waals surface area contributed by atoms with Crippen molar-refractivity contribution < 1.29 is 0 Å². The van der Waals surface area contributed by atoms with Gasteiger partial charge in [-0.1, -0.05) is 40.2 Å². The van der Waals surface area contributed by atoms with E-state index in [0.29, 0.717) is 11.4 Å². The van der Waals surface area contributed by atoms with Crippen molar-refractivity contribution in [3.8, 4) is 6.07 Å². The number of nitriles is 1. The predicted molar refractivity (Wildman–Crippen MR) is 93.0 cm³/mol. The summed E-state index contributed by atoms with van der Waals surface area (Å²) in [5.74, 6) is 0.717. The lowest BCUT2D eigenvalue weighted by Gasteiger charge is -2.05. The molecule has 0 aliphatic heterocycles. The van der Waals surface area contributed by atoms with Gasteiger partial charge in [-0.3, -0.25) is 0 Å². The first-order valence-corrected chi connectivity index (χ1v) is 7.85. The highest BCUT2D eigenvalue weighted by Gasteiger charge is 2.13. The predicted octanol–water partition coefficient (Wildman–Crippen LogP) is 4.88. The Kier molecular flexibility index (Phi) is 4.08. The minimum atomic E-state index is 0.570. The van der Waals surface area contributed by atoms with Gasteiger partial charge in [-0.25, -0.2) is 4.98 Å². The Morgan fingerprint density at radius 3 is 2.64 bits per heavy atom. The highest BCUT2D eigenvalue weighted by atomic mass is 79.9. The van der Waals surface area contributed by atoms with Crippen LogP contribution in [0.5, 0.6) is 0 Å². The number of rotatable bonds is 3. The number of aryl methyl sites for hydroxylation is 1. The molecule has 0 spiro atoms. The summed E-state index contributed by atoms with van der Waals surface area (Å²) < 4.78 is 3.09. The number of aromatic nitrogens is 2. The summed E-state index contributed by atoms with van der Waals surface area (Å²) in [4.78, 5) is 4.63. The summed E-state index contributed by atoms with van der Waals surface area (Å²) in [5, 5.41) is 9.56. The first kappa shape index (κ1) is 14.6. The average molecular weight is 352 g/mol. The van der Waals surface area contributed by atoms with Crippen molar-refractivity contribution in [2.75, 3.05) is 0 Å². The monoisotopic (exact) mass is 351 g/mol. The summed E-state index contributed by atoms with van der Waals surface area (Å²) >= 11 is 3.42. The van der Waals surface area contributed by atoms with Gasteiger partial charge in [-0.05, 0) is 42.8 Å². The quantitative estimate of drug-likeness (QED) is 0.630. The molecule has 3 nitrogen and oxygen atoms in total. The van der Waals surface area contributed by atoms with E-state index in [-0.39, 0.29) is 0 Å². The molecular weight excluding hydrogens is 338 g/mol. The first-order valence-electron chi connectivity index (χ1n) is 7.06. The lowest BCUT2D eigenvalue weighted by molar-refractivity contribution is 0.775. The van der Waals surface area contributed by atoms with Crippen LogP contribution in [0, 0.1) is 11.3 Å². The number of benzene rings is 2. The molecule has 22 heavy (non-hydrogen) atoms. The van der Waals surface area contributed by atoms with E-state index in [4.69, 9.17) is 0 Å². The number of fused-ring (bicyclic) bond motifs is 1. The van der Waals surface area contributed by atoms with Crippen LogP contribution in [0.1, 0.15) is 18.3 Å². The third kappa shape index (κ3) is 2.68. The van der Waals surface area contributed by atoms with Crippen molar-refractivity contribution in [1.82, 2.24) is 9.55 Å². The van der Waals surface area contributed by atoms with Crippen LogP contribution in [-0.4, -0.2) is 9.55 Å². The number of imidazole rings is 1. The van der Waals surface area contributed by atoms with Gasteiger partial charge in [0.05, 0.1) is 16.6 Å². The van der Waals surface area contributed by atoms with Crippen molar-refractivity contribution >= 4 is 38.6 Å². The fourth-order valence-corrected chi connectivity index (χ4v) is 2.74. The Hall–Kier alpha value is -2.38. The molecular formula is C18H14BrN3. The molecule has 2 aromatic carbocycles. The molecule has 0 bridgehead atoms. The Morgan fingerprint density at radius 2 is 1.95 bits per heavy atom. The Bertz CT molecular complexity index is 883. The molecule has 0 fully saturated rings. The van der Waals surface area contributed by atoms with Gasteiger partial charge < -0.3 is 4.57 Å². The lowest BCUT2D eigenvalue weighted by Crippen LogP contribution is -2.00. The topological polar surface area (TPSA) is 41.6 Å². The molecule has 0 amide bonds. The van der Waals surface area contributed by atoms with E-state index in [2.05, 4.69) is 38.5 Å². The zero-order valence-corrected chi connectivity index (χ0v) is 13.7. The standard InChI is InChI=1S/C18H14BrN3/c1-2-22-17-6-4-3-5-16(17)21-18(22)14(12-20)11-13-7-9-15(19)10-8-13/h3-11H,2H2,1H3/b14-11+. The minimum Gasteiger partial charge on any atom is -0.324 e. The fourth-order valence-electron chi connectivity index (χ4n) is 2.47. The molecule has 3 aromatic rings. The zero-order valence-electron chi connectivity index (χ0n) is 12.1. The zero-order chi connectivity index (χ0) is 15.5. The van der Waals surface area contributed by atoms with Gasteiger partial charge in [-0.15, -0.1) is 0 Å². The number of para-hydroxylation sites is 2. The van der Waals surface area contributed by atoms with Gasteiger partial charge in [0.2, 0.25) is 0 Å². The fraction of sp³-hybridized carbons (Fsp3) is 0.111. The SMILES string of the molecule is CCn1c(/C(C#N)=C/c2ccc(Br)cc2)nc2ccccc21. The van der Waals surface area contributed by atoms with Crippen molar-refractivity contribution in [2.45, 2.75) is 13.5 Å². The van der Waals surface area contributed by atoms with Gasteiger partial charge in [-0.2, -0.15) is 5.26 Å². The Balaban J connectivity index is 2.15.